The number of benzene rings is 2. The van der Waals surface area contributed by atoms with Gasteiger partial charge in [-0.1, -0.05) is 19.9 Å². The Labute approximate surface area is 161 Å². The lowest BCUT2D eigenvalue weighted by Gasteiger charge is -2.11. The first kappa shape index (κ1) is 20.8. The molecule has 0 bridgehead atoms. The molecule has 27 heavy (non-hydrogen) atoms. The standard InChI is InChI=1S/C20H26N2O4S/c1-14(2)12-21-20(23)13-26-18-5-7-19(8-6-18)27(24,25)22-17-10-15(3)9-16(4)11-17/h5-11,14,22H,12-13H2,1-4H3,(H,21,23). The van der Waals surface area contributed by atoms with Gasteiger partial charge in [0, 0.05) is 12.2 Å². The summed E-state index contributed by atoms with van der Waals surface area (Å²) in [5.41, 5.74) is 2.48. The summed E-state index contributed by atoms with van der Waals surface area (Å²) in [7, 11) is -3.70. The summed E-state index contributed by atoms with van der Waals surface area (Å²) in [6.45, 7) is 8.31. The first-order valence-corrected chi connectivity index (χ1v) is 10.2. The number of carbonyl (C=O) groups excluding carboxylic acids is 1. The summed E-state index contributed by atoms with van der Waals surface area (Å²) in [4.78, 5) is 11.8. The SMILES string of the molecule is Cc1cc(C)cc(NS(=O)(=O)c2ccc(OCC(=O)NCC(C)C)cc2)c1. The molecule has 146 valence electrons. The summed E-state index contributed by atoms with van der Waals surface area (Å²) in [5, 5.41) is 2.75. The third kappa shape index (κ3) is 6.60. The van der Waals surface area contributed by atoms with Gasteiger partial charge in [-0.3, -0.25) is 9.52 Å². The Morgan fingerprint density at radius 3 is 2.19 bits per heavy atom. The second kappa shape index (κ2) is 8.90. The molecule has 0 saturated heterocycles. The van der Waals surface area contributed by atoms with Gasteiger partial charge in [0.1, 0.15) is 5.75 Å². The average Bonchev–Trinajstić information content (AvgIpc) is 2.57. The van der Waals surface area contributed by atoms with Crippen LogP contribution in [0.15, 0.2) is 47.4 Å². The first-order valence-electron chi connectivity index (χ1n) is 8.76. The van der Waals surface area contributed by atoms with Gasteiger partial charge < -0.3 is 10.1 Å². The Balaban J connectivity index is 1.99. The average molecular weight is 391 g/mol. The predicted octanol–water partition coefficient (Wildman–Crippen LogP) is 3.26. The second-order valence-corrected chi connectivity index (χ2v) is 8.62. The summed E-state index contributed by atoms with van der Waals surface area (Å²) in [5.74, 6) is 0.583. The molecule has 0 spiro atoms. The third-order valence-corrected chi connectivity index (χ3v) is 5.08. The zero-order valence-corrected chi connectivity index (χ0v) is 16.9. The van der Waals surface area contributed by atoms with E-state index < -0.39 is 10.0 Å². The molecule has 0 unspecified atom stereocenters. The van der Waals surface area contributed by atoms with Crippen LogP contribution in [0, 0.1) is 19.8 Å². The fourth-order valence-corrected chi connectivity index (χ4v) is 3.52. The van der Waals surface area contributed by atoms with E-state index in [0.29, 0.717) is 23.9 Å². The van der Waals surface area contributed by atoms with Crippen molar-refractivity contribution in [2.24, 2.45) is 5.92 Å². The lowest BCUT2D eigenvalue weighted by molar-refractivity contribution is -0.123. The van der Waals surface area contributed by atoms with Crippen molar-refractivity contribution in [2.75, 3.05) is 17.9 Å². The maximum atomic E-state index is 12.5. The maximum absolute atomic E-state index is 12.5. The highest BCUT2D eigenvalue weighted by atomic mass is 32.2. The normalized spacial score (nSPS) is 11.3. The Morgan fingerprint density at radius 1 is 1.04 bits per heavy atom. The van der Waals surface area contributed by atoms with E-state index in [1.165, 1.54) is 24.3 Å². The minimum atomic E-state index is -3.70. The highest BCUT2D eigenvalue weighted by molar-refractivity contribution is 7.92. The van der Waals surface area contributed by atoms with E-state index in [1.54, 1.807) is 12.1 Å². The molecule has 2 rings (SSSR count). The molecule has 0 aromatic heterocycles. The molecule has 0 aliphatic rings. The number of amides is 1. The van der Waals surface area contributed by atoms with Crippen LogP contribution in [0.3, 0.4) is 0 Å². The zero-order valence-electron chi connectivity index (χ0n) is 16.1. The number of sulfonamides is 1. The van der Waals surface area contributed by atoms with Crippen molar-refractivity contribution in [3.63, 3.8) is 0 Å². The number of anilines is 1. The minimum Gasteiger partial charge on any atom is -0.484 e. The number of nitrogens with one attached hydrogen (secondary N) is 2. The molecule has 2 N–H and O–H groups in total. The van der Waals surface area contributed by atoms with Gasteiger partial charge in [-0.15, -0.1) is 0 Å². The van der Waals surface area contributed by atoms with Crippen molar-refractivity contribution < 1.29 is 17.9 Å². The molecular formula is C20H26N2O4S. The Hall–Kier alpha value is -2.54. The number of hydrogen-bond acceptors (Lipinski definition) is 4. The zero-order chi connectivity index (χ0) is 20.0. The molecular weight excluding hydrogens is 364 g/mol. The van der Waals surface area contributed by atoms with Gasteiger partial charge in [0.25, 0.3) is 15.9 Å². The summed E-state index contributed by atoms with van der Waals surface area (Å²) >= 11 is 0. The first-order chi connectivity index (χ1) is 12.7. The molecule has 0 atom stereocenters. The van der Waals surface area contributed by atoms with E-state index in [9.17, 15) is 13.2 Å². The van der Waals surface area contributed by atoms with Crippen LogP contribution in [0.1, 0.15) is 25.0 Å². The van der Waals surface area contributed by atoms with Gasteiger partial charge >= 0.3 is 0 Å². The summed E-state index contributed by atoms with van der Waals surface area (Å²) in [6, 6.07) is 11.5. The van der Waals surface area contributed by atoms with Gasteiger partial charge in [-0.2, -0.15) is 0 Å². The van der Waals surface area contributed by atoms with Crippen molar-refractivity contribution in [1.29, 1.82) is 0 Å². The second-order valence-electron chi connectivity index (χ2n) is 6.94. The van der Waals surface area contributed by atoms with E-state index in [2.05, 4.69) is 10.0 Å². The molecule has 0 saturated carbocycles. The molecule has 0 aliphatic heterocycles. The van der Waals surface area contributed by atoms with Crippen LogP contribution >= 0.6 is 0 Å². The minimum absolute atomic E-state index is 0.111. The molecule has 0 heterocycles. The highest BCUT2D eigenvalue weighted by Crippen LogP contribution is 2.21. The van der Waals surface area contributed by atoms with E-state index >= 15 is 0 Å². The molecule has 1 amide bonds. The van der Waals surface area contributed by atoms with E-state index in [4.69, 9.17) is 4.74 Å². The van der Waals surface area contributed by atoms with E-state index in [-0.39, 0.29) is 17.4 Å². The van der Waals surface area contributed by atoms with Gasteiger partial charge in [0.2, 0.25) is 0 Å². The van der Waals surface area contributed by atoms with Gasteiger partial charge in [-0.25, -0.2) is 8.42 Å². The molecule has 2 aromatic carbocycles. The monoisotopic (exact) mass is 390 g/mol. The van der Waals surface area contributed by atoms with E-state index in [0.717, 1.165) is 11.1 Å². The van der Waals surface area contributed by atoms with E-state index in [1.807, 2.05) is 33.8 Å². The van der Waals surface area contributed by atoms with Crippen LogP contribution in [-0.2, 0) is 14.8 Å². The molecule has 7 heteroatoms. The lowest BCUT2D eigenvalue weighted by atomic mass is 10.1. The number of hydrogen-bond donors (Lipinski definition) is 2. The number of aryl methyl sites for hydroxylation is 2. The van der Waals surface area contributed by atoms with Crippen LogP contribution in [0.5, 0.6) is 5.75 Å². The molecule has 2 aromatic rings. The van der Waals surface area contributed by atoms with Crippen LogP contribution in [-0.4, -0.2) is 27.5 Å². The topological polar surface area (TPSA) is 84.5 Å². The molecule has 0 aliphatic carbocycles. The van der Waals surface area contributed by atoms with Gasteiger partial charge in [0.15, 0.2) is 6.61 Å². The number of ether oxygens (including phenoxy) is 1. The van der Waals surface area contributed by atoms with Gasteiger partial charge in [0.05, 0.1) is 4.90 Å². The Kier molecular flexibility index (Phi) is 6.85. The Morgan fingerprint density at radius 2 is 1.63 bits per heavy atom. The van der Waals surface area contributed by atoms with Crippen LogP contribution < -0.4 is 14.8 Å². The third-order valence-electron chi connectivity index (χ3n) is 3.69. The quantitative estimate of drug-likeness (QED) is 0.725. The van der Waals surface area contributed by atoms with Crippen molar-refractivity contribution in [1.82, 2.24) is 5.32 Å². The van der Waals surface area contributed by atoms with Crippen molar-refractivity contribution in [2.45, 2.75) is 32.6 Å². The predicted molar refractivity (Wildman–Crippen MR) is 107 cm³/mol. The van der Waals surface area contributed by atoms with Crippen molar-refractivity contribution in [3.8, 4) is 5.75 Å². The number of carbonyl (C=O) groups is 1. The molecule has 0 fully saturated rings. The summed E-state index contributed by atoms with van der Waals surface area (Å²) < 4.78 is 33.0. The van der Waals surface area contributed by atoms with Crippen molar-refractivity contribution >= 4 is 21.6 Å². The van der Waals surface area contributed by atoms with Gasteiger partial charge in [-0.05, 0) is 67.3 Å². The highest BCUT2D eigenvalue weighted by Gasteiger charge is 2.15. The lowest BCUT2D eigenvalue weighted by Crippen LogP contribution is -2.31. The molecule has 0 radical (unpaired) electrons. The number of rotatable bonds is 8. The fourth-order valence-electron chi connectivity index (χ4n) is 2.48. The smallest absolute Gasteiger partial charge is 0.261 e. The van der Waals surface area contributed by atoms with Crippen LogP contribution in [0.4, 0.5) is 5.69 Å². The summed E-state index contributed by atoms with van der Waals surface area (Å²) in [6.07, 6.45) is 0. The molecule has 6 nitrogen and oxygen atoms in total. The van der Waals surface area contributed by atoms with Crippen molar-refractivity contribution in [3.05, 3.63) is 53.6 Å². The largest absolute Gasteiger partial charge is 0.484 e. The van der Waals surface area contributed by atoms with Crippen LogP contribution in [0.25, 0.3) is 0 Å². The maximum Gasteiger partial charge on any atom is 0.261 e. The Bertz CT molecular complexity index is 870. The fraction of sp³-hybridized carbons (Fsp3) is 0.350. The van der Waals surface area contributed by atoms with Crippen LogP contribution in [0.2, 0.25) is 0 Å².